The number of hydrogen-bond donors (Lipinski definition) is 1. The average Bonchev–Trinajstić information content (AvgIpc) is 2.33. The maximum Gasteiger partial charge on any atom is 0.235 e. The molecule has 94 valence electrons. The van der Waals surface area contributed by atoms with E-state index in [-0.39, 0.29) is 5.25 Å². The zero-order chi connectivity index (χ0) is 12.3. The second-order valence-electron chi connectivity index (χ2n) is 3.81. The van der Waals surface area contributed by atoms with Gasteiger partial charge in [-0.25, -0.2) is 8.42 Å². The largest absolute Gasteiger partial charge is 0.381 e. The van der Waals surface area contributed by atoms with E-state index in [0.717, 1.165) is 0 Å². The van der Waals surface area contributed by atoms with Crippen LogP contribution in [0.15, 0.2) is 22.9 Å². The third kappa shape index (κ3) is 3.17. The molecule has 1 saturated heterocycles. The van der Waals surface area contributed by atoms with Crippen LogP contribution in [0.1, 0.15) is 12.8 Å². The summed E-state index contributed by atoms with van der Waals surface area (Å²) in [6.45, 7) is 1.01. The maximum absolute atomic E-state index is 12.1. The van der Waals surface area contributed by atoms with E-state index in [9.17, 15) is 8.42 Å². The number of ether oxygens (including phenoxy) is 1. The quantitative estimate of drug-likeness (QED) is 0.921. The molecule has 0 spiro atoms. The van der Waals surface area contributed by atoms with E-state index in [1.165, 1.54) is 0 Å². The lowest BCUT2D eigenvalue weighted by Gasteiger charge is -2.22. The van der Waals surface area contributed by atoms with Crippen LogP contribution in [0.3, 0.4) is 0 Å². The summed E-state index contributed by atoms with van der Waals surface area (Å²) in [6, 6.07) is 1.63. The van der Waals surface area contributed by atoms with Gasteiger partial charge in [-0.2, -0.15) is 0 Å². The van der Waals surface area contributed by atoms with Crippen molar-refractivity contribution in [3.63, 3.8) is 0 Å². The Morgan fingerprint density at radius 1 is 1.41 bits per heavy atom. The van der Waals surface area contributed by atoms with Gasteiger partial charge in [0.2, 0.25) is 10.0 Å². The molecule has 5 nitrogen and oxygen atoms in total. The summed E-state index contributed by atoms with van der Waals surface area (Å²) in [5, 5.41) is -0.378. The Hall–Kier alpha value is -0.660. The highest BCUT2D eigenvalue weighted by molar-refractivity contribution is 9.10. The summed E-state index contributed by atoms with van der Waals surface area (Å²) in [5.74, 6) is 0. The zero-order valence-corrected chi connectivity index (χ0v) is 11.5. The van der Waals surface area contributed by atoms with Crippen LogP contribution < -0.4 is 4.72 Å². The third-order valence-corrected chi connectivity index (χ3v) is 5.12. The molecule has 0 saturated carbocycles. The Bertz CT molecular complexity index is 486. The Labute approximate surface area is 109 Å². The van der Waals surface area contributed by atoms with Crippen LogP contribution in [0.5, 0.6) is 0 Å². The minimum atomic E-state index is -3.35. The van der Waals surface area contributed by atoms with E-state index in [4.69, 9.17) is 4.74 Å². The number of aromatic nitrogens is 1. The van der Waals surface area contributed by atoms with Gasteiger partial charge in [0.15, 0.2) is 0 Å². The minimum Gasteiger partial charge on any atom is -0.381 e. The van der Waals surface area contributed by atoms with Crippen molar-refractivity contribution in [1.29, 1.82) is 0 Å². The molecule has 1 fully saturated rings. The second kappa shape index (κ2) is 5.32. The highest BCUT2D eigenvalue weighted by Gasteiger charge is 2.27. The van der Waals surface area contributed by atoms with Gasteiger partial charge in [0.1, 0.15) is 0 Å². The molecule has 7 heteroatoms. The minimum absolute atomic E-state index is 0.378. The SMILES string of the molecule is O=S(=O)(Nc1ccncc1Br)C1CCOCC1. The molecule has 0 radical (unpaired) electrons. The summed E-state index contributed by atoms with van der Waals surface area (Å²) < 4.78 is 32.6. The van der Waals surface area contributed by atoms with Gasteiger partial charge >= 0.3 is 0 Å². The molecule has 1 N–H and O–H groups in total. The summed E-state index contributed by atoms with van der Waals surface area (Å²) in [7, 11) is -3.35. The van der Waals surface area contributed by atoms with Gasteiger partial charge in [0.25, 0.3) is 0 Å². The average molecular weight is 321 g/mol. The molecule has 2 heterocycles. The lowest BCUT2D eigenvalue weighted by atomic mass is 10.2. The Morgan fingerprint density at radius 2 is 2.12 bits per heavy atom. The van der Waals surface area contributed by atoms with E-state index >= 15 is 0 Å². The number of rotatable bonds is 3. The van der Waals surface area contributed by atoms with Crippen molar-refractivity contribution in [3.8, 4) is 0 Å². The van der Waals surface area contributed by atoms with Gasteiger partial charge in [0, 0.05) is 25.6 Å². The zero-order valence-electron chi connectivity index (χ0n) is 9.10. The topological polar surface area (TPSA) is 68.3 Å². The van der Waals surface area contributed by atoms with E-state index < -0.39 is 10.0 Å². The molecule has 1 aliphatic heterocycles. The molecule has 1 aliphatic rings. The molecule has 0 bridgehead atoms. The summed E-state index contributed by atoms with van der Waals surface area (Å²) in [6.07, 6.45) is 4.19. The van der Waals surface area contributed by atoms with Crippen LogP contribution in [0.25, 0.3) is 0 Å². The Morgan fingerprint density at radius 3 is 2.76 bits per heavy atom. The first kappa shape index (κ1) is 12.8. The van der Waals surface area contributed by atoms with Gasteiger partial charge in [-0.3, -0.25) is 9.71 Å². The smallest absolute Gasteiger partial charge is 0.235 e. The number of halogens is 1. The summed E-state index contributed by atoms with van der Waals surface area (Å²) in [5.41, 5.74) is 0.520. The lowest BCUT2D eigenvalue weighted by molar-refractivity contribution is 0.0984. The molecule has 17 heavy (non-hydrogen) atoms. The highest BCUT2D eigenvalue weighted by atomic mass is 79.9. The molecule has 0 amide bonds. The van der Waals surface area contributed by atoms with Crippen LogP contribution in [0, 0.1) is 0 Å². The van der Waals surface area contributed by atoms with Crippen LogP contribution in [0.4, 0.5) is 5.69 Å². The van der Waals surface area contributed by atoms with Crippen molar-refractivity contribution >= 4 is 31.6 Å². The number of nitrogens with zero attached hydrogens (tertiary/aromatic N) is 1. The highest BCUT2D eigenvalue weighted by Crippen LogP contribution is 2.24. The molecule has 1 aromatic heterocycles. The number of anilines is 1. The summed E-state index contributed by atoms with van der Waals surface area (Å²) >= 11 is 3.26. The molecular formula is C10H13BrN2O3S. The Kier molecular flexibility index (Phi) is 4.01. The molecular weight excluding hydrogens is 308 g/mol. The number of hydrogen-bond acceptors (Lipinski definition) is 4. The van der Waals surface area contributed by atoms with E-state index in [1.807, 2.05) is 0 Å². The molecule has 0 aliphatic carbocycles. The van der Waals surface area contributed by atoms with Crippen molar-refractivity contribution in [2.24, 2.45) is 0 Å². The molecule has 0 atom stereocenters. The van der Waals surface area contributed by atoms with Gasteiger partial charge in [-0.1, -0.05) is 0 Å². The van der Waals surface area contributed by atoms with Crippen molar-refractivity contribution < 1.29 is 13.2 Å². The molecule has 0 unspecified atom stereocenters. The molecule has 0 aromatic carbocycles. The fraction of sp³-hybridized carbons (Fsp3) is 0.500. The lowest BCUT2D eigenvalue weighted by Crippen LogP contribution is -2.33. The number of nitrogens with one attached hydrogen (secondary N) is 1. The van der Waals surface area contributed by atoms with E-state index in [1.54, 1.807) is 18.5 Å². The Balaban J connectivity index is 2.14. The van der Waals surface area contributed by atoms with Crippen molar-refractivity contribution in [2.45, 2.75) is 18.1 Å². The van der Waals surface area contributed by atoms with Crippen LogP contribution >= 0.6 is 15.9 Å². The van der Waals surface area contributed by atoms with Gasteiger partial charge in [-0.15, -0.1) is 0 Å². The number of sulfonamides is 1. The van der Waals surface area contributed by atoms with Crippen LogP contribution in [-0.4, -0.2) is 31.9 Å². The van der Waals surface area contributed by atoms with E-state index in [0.29, 0.717) is 36.2 Å². The fourth-order valence-electron chi connectivity index (χ4n) is 1.68. The van der Waals surface area contributed by atoms with Gasteiger partial charge in [0.05, 0.1) is 15.4 Å². The number of pyridine rings is 1. The first-order chi connectivity index (χ1) is 8.09. The molecule has 1 aromatic rings. The maximum atomic E-state index is 12.1. The first-order valence-electron chi connectivity index (χ1n) is 5.28. The van der Waals surface area contributed by atoms with E-state index in [2.05, 4.69) is 25.6 Å². The van der Waals surface area contributed by atoms with Crippen molar-refractivity contribution in [2.75, 3.05) is 17.9 Å². The monoisotopic (exact) mass is 320 g/mol. The van der Waals surface area contributed by atoms with Crippen molar-refractivity contribution in [1.82, 2.24) is 4.98 Å². The predicted molar refractivity (Wildman–Crippen MR) is 68.3 cm³/mol. The fourth-order valence-corrected chi connectivity index (χ4v) is 3.63. The van der Waals surface area contributed by atoms with Crippen molar-refractivity contribution in [3.05, 3.63) is 22.9 Å². The second-order valence-corrected chi connectivity index (χ2v) is 6.63. The van der Waals surface area contributed by atoms with Gasteiger partial charge in [-0.05, 0) is 34.8 Å². The first-order valence-corrected chi connectivity index (χ1v) is 7.62. The van der Waals surface area contributed by atoms with Gasteiger partial charge < -0.3 is 4.74 Å². The standard InChI is InChI=1S/C10H13BrN2O3S/c11-9-7-12-4-1-10(9)13-17(14,15)8-2-5-16-6-3-8/h1,4,7-8H,2-3,5-6H2,(H,12,13). The summed E-state index contributed by atoms with van der Waals surface area (Å²) in [4.78, 5) is 3.89. The van der Waals surface area contributed by atoms with Crippen LogP contribution in [0.2, 0.25) is 0 Å². The van der Waals surface area contributed by atoms with Crippen LogP contribution in [-0.2, 0) is 14.8 Å². The third-order valence-electron chi connectivity index (χ3n) is 2.63. The molecule has 2 rings (SSSR count). The normalized spacial score (nSPS) is 17.9. The predicted octanol–water partition coefficient (Wildman–Crippen LogP) is 1.76.